The van der Waals surface area contributed by atoms with Gasteiger partial charge in [0, 0.05) is 5.39 Å². The summed E-state index contributed by atoms with van der Waals surface area (Å²) in [6, 6.07) is 2.87. The molecule has 5 heteroatoms. The molecule has 0 saturated carbocycles. The minimum atomic E-state index is -4.69. The first-order valence-electron chi connectivity index (χ1n) is 3.72. The Morgan fingerprint density at radius 1 is 1.14 bits per heavy atom. The Balaban J connectivity index is 2.71. The summed E-state index contributed by atoms with van der Waals surface area (Å²) in [5.74, 6) is -1.29. The van der Waals surface area contributed by atoms with Crippen LogP contribution in [0.5, 0.6) is 0 Å². The number of fused-ring (bicyclic) bond motifs is 1. The van der Waals surface area contributed by atoms with Crippen molar-refractivity contribution in [1.29, 1.82) is 0 Å². The largest absolute Gasteiger partial charge is 0.464 e. The molecule has 2 aromatic rings. The van der Waals surface area contributed by atoms with Gasteiger partial charge in [-0.1, -0.05) is 0 Å². The molecule has 74 valence electrons. The minimum absolute atomic E-state index is 0.0266. The van der Waals surface area contributed by atoms with Crippen LogP contribution >= 0.6 is 0 Å². The summed E-state index contributed by atoms with van der Waals surface area (Å²) in [6.45, 7) is 0. The van der Waals surface area contributed by atoms with Crippen LogP contribution in [0.4, 0.5) is 17.6 Å². The number of furan rings is 1. The average molecular weight is 204 g/mol. The van der Waals surface area contributed by atoms with Gasteiger partial charge < -0.3 is 4.42 Å². The van der Waals surface area contributed by atoms with Gasteiger partial charge in [0.2, 0.25) is 0 Å². The molecular weight excluding hydrogens is 200 g/mol. The molecule has 0 aliphatic rings. The van der Waals surface area contributed by atoms with E-state index in [1.165, 1.54) is 12.3 Å². The molecule has 0 fully saturated rings. The summed E-state index contributed by atoms with van der Waals surface area (Å²) >= 11 is 0. The fourth-order valence-electron chi connectivity index (χ4n) is 1.20. The van der Waals surface area contributed by atoms with Crippen molar-refractivity contribution < 1.29 is 22.0 Å². The number of hydrogen-bond acceptors (Lipinski definition) is 1. The number of halogens is 4. The highest BCUT2D eigenvalue weighted by Crippen LogP contribution is 2.33. The lowest BCUT2D eigenvalue weighted by molar-refractivity contribution is -0.139. The molecule has 0 spiro atoms. The summed E-state index contributed by atoms with van der Waals surface area (Å²) in [4.78, 5) is 0. The fourth-order valence-corrected chi connectivity index (χ4v) is 1.20. The van der Waals surface area contributed by atoms with Crippen LogP contribution in [0, 0.1) is 5.82 Å². The van der Waals surface area contributed by atoms with Gasteiger partial charge in [-0.2, -0.15) is 13.2 Å². The number of alkyl halides is 3. The van der Waals surface area contributed by atoms with Crippen LogP contribution in [-0.2, 0) is 6.18 Å². The van der Waals surface area contributed by atoms with Crippen molar-refractivity contribution in [3.63, 3.8) is 0 Å². The van der Waals surface area contributed by atoms with Gasteiger partial charge >= 0.3 is 6.18 Å². The summed E-state index contributed by atoms with van der Waals surface area (Å²) in [5, 5.41) is 0.315. The highest BCUT2D eigenvalue weighted by atomic mass is 19.4. The van der Waals surface area contributed by atoms with Crippen LogP contribution < -0.4 is 0 Å². The molecule has 14 heavy (non-hydrogen) atoms. The maximum atomic E-state index is 12.9. The molecule has 0 unspecified atom stereocenters. The maximum absolute atomic E-state index is 12.9. The first-order chi connectivity index (χ1) is 6.48. The molecule has 0 radical (unpaired) electrons. The van der Waals surface area contributed by atoms with Gasteiger partial charge in [0.1, 0.15) is 11.4 Å². The molecule has 0 atom stereocenters. The summed E-state index contributed by atoms with van der Waals surface area (Å²) in [7, 11) is 0. The van der Waals surface area contributed by atoms with E-state index in [1.54, 1.807) is 0 Å². The molecule has 1 nitrogen and oxygen atoms in total. The molecule has 1 heterocycles. The zero-order chi connectivity index (χ0) is 10.3. The van der Waals surface area contributed by atoms with E-state index in [0.717, 1.165) is 6.07 Å². The zero-order valence-corrected chi connectivity index (χ0v) is 6.73. The Labute approximate surface area is 75.9 Å². The van der Waals surface area contributed by atoms with Gasteiger partial charge in [-0.05, 0) is 18.2 Å². The van der Waals surface area contributed by atoms with Crippen LogP contribution in [0.15, 0.2) is 28.9 Å². The van der Waals surface area contributed by atoms with Crippen molar-refractivity contribution in [2.75, 3.05) is 0 Å². The van der Waals surface area contributed by atoms with Crippen molar-refractivity contribution in [3.05, 3.63) is 35.8 Å². The van der Waals surface area contributed by atoms with Crippen molar-refractivity contribution in [1.82, 2.24) is 0 Å². The Hall–Kier alpha value is -1.52. The van der Waals surface area contributed by atoms with Crippen molar-refractivity contribution in [2.24, 2.45) is 0 Å². The van der Waals surface area contributed by atoms with E-state index in [-0.39, 0.29) is 5.58 Å². The van der Waals surface area contributed by atoms with E-state index < -0.39 is 17.6 Å². The highest BCUT2D eigenvalue weighted by Gasteiger charge is 2.34. The smallest absolute Gasteiger partial charge is 0.419 e. The monoisotopic (exact) mass is 204 g/mol. The third-order valence-electron chi connectivity index (χ3n) is 1.85. The van der Waals surface area contributed by atoms with E-state index in [2.05, 4.69) is 0 Å². The number of rotatable bonds is 0. The summed E-state index contributed by atoms with van der Waals surface area (Å²) < 4.78 is 54.3. The average Bonchev–Trinajstić information content (AvgIpc) is 2.47. The second-order valence-electron chi connectivity index (χ2n) is 2.79. The van der Waals surface area contributed by atoms with Gasteiger partial charge in [0.25, 0.3) is 0 Å². The molecule has 0 saturated heterocycles. The Bertz CT molecular complexity index is 469. The molecule has 1 aromatic heterocycles. The third-order valence-corrected chi connectivity index (χ3v) is 1.85. The molecule has 0 bridgehead atoms. The molecule has 0 aliphatic heterocycles. The van der Waals surface area contributed by atoms with Crippen molar-refractivity contribution in [3.8, 4) is 0 Å². The third kappa shape index (κ3) is 1.34. The lowest BCUT2D eigenvalue weighted by Gasteiger charge is -2.06. The van der Waals surface area contributed by atoms with Crippen LogP contribution in [0.2, 0.25) is 0 Å². The van der Waals surface area contributed by atoms with Crippen LogP contribution in [0.3, 0.4) is 0 Å². The van der Waals surface area contributed by atoms with E-state index in [1.807, 2.05) is 0 Å². The standard InChI is InChI=1S/C9H4F4O/c10-7-3-5-1-2-14-8(5)4-6(7)9(11,12)13/h1-4H. The first kappa shape index (κ1) is 9.05. The topological polar surface area (TPSA) is 13.1 Å². The van der Waals surface area contributed by atoms with Crippen molar-refractivity contribution >= 4 is 11.0 Å². The summed E-state index contributed by atoms with van der Waals surface area (Å²) in [6.07, 6.45) is -3.48. The quantitative estimate of drug-likeness (QED) is 0.597. The Kier molecular flexibility index (Phi) is 1.77. The van der Waals surface area contributed by atoms with E-state index in [9.17, 15) is 17.6 Å². The fraction of sp³-hybridized carbons (Fsp3) is 0.111. The van der Waals surface area contributed by atoms with Crippen molar-refractivity contribution in [2.45, 2.75) is 6.18 Å². The second-order valence-corrected chi connectivity index (χ2v) is 2.79. The SMILES string of the molecule is Fc1cc2ccoc2cc1C(F)(F)F. The van der Waals surface area contributed by atoms with Gasteiger partial charge in [0.05, 0.1) is 11.8 Å². The van der Waals surface area contributed by atoms with Crippen LogP contribution in [-0.4, -0.2) is 0 Å². The van der Waals surface area contributed by atoms with Crippen LogP contribution in [0.1, 0.15) is 5.56 Å². The van der Waals surface area contributed by atoms with Crippen LogP contribution in [0.25, 0.3) is 11.0 Å². The molecule has 0 amide bonds. The van der Waals surface area contributed by atoms with E-state index >= 15 is 0 Å². The molecule has 1 aromatic carbocycles. The first-order valence-corrected chi connectivity index (χ1v) is 3.72. The van der Waals surface area contributed by atoms with Gasteiger partial charge in [-0.3, -0.25) is 0 Å². The second kappa shape index (κ2) is 2.73. The van der Waals surface area contributed by atoms with Gasteiger partial charge in [0.15, 0.2) is 0 Å². The number of hydrogen-bond donors (Lipinski definition) is 0. The Morgan fingerprint density at radius 3 is 2.50 bits per heavy atom. The van der Waals surface area contributed by atoms with E-state index in [0.29, 0.717) is 11.5 Å². The molecule has 0 aliphatic carbocycles. The summed E-state index contributed by atoms with van der Waals surface area (Å²) in [5.41, 5.74) is -1.28. The maximum Gasteiger partial charge on any atom is 0.419 e. The van der Waals surface area contributed by atoms with E-state index in [4.69, 9.17) is 4.42 Å². The van der Waals surface area contributed by atoms with Gasteiger partial charge in [-0.15, -0.1) is 0 Å². The molecule has 2 rings (SSSR count). The lowest BCUT2D eigenvalue weighted by Crippen LogP contribution is -2.07. The minimum Gasteiger partial charge on any atom is -0.464 e. The zero-order valence-electron chi connectivity index (χ0n) is 6.73. The predicted octanol–water partition coefficient (Wildman–Crippen LogP) is 3.59. The number of benzene rings is 1. The highest BCUT2D eigenvalue weighted by molar-refractivity contribution is 5.78. The lowest BCUT2D eigenvalue weighted by atomic mass is 10.1. The predicted molar refractivity (Wildman–Crippen MR) is 41.2 cm³/mol. The van der Waals surface area contributed by atoms with Gasteiger partial charge in [-0.25, -0.2) is 4.39 Å². The molecular formula is C9H4F4O. The Morgan fingerprint density at radius 2 is 1.86 bits per heavy atom. The molecule has 0 N–H and O–H groups in total. The normalized spacial score (nSPS) is 12.3.